The molecule has 146 valence electrons. The SMILES string of the molecule is O=C(Cn1ccccc1=O)NCC1CCCN(C(=O)C=Cc2ccccc2)C1. The molecular weight excluding hydrogens is 354 g/mol. The Morgan fingerprint density at radius 1 is 1.11 bits per heavy atom. The Bertz CT molecular complexity index is 889. The lowest BCUT2D eigenvalue weighted by Crippen LogP contribution is -2.43. The number of hydrogen-bond donors (Lipinski definition) is 1. The van der Waals surface area contributed by atoms with E-state index in [4.69, 9.17) is 0 Å². The first kappa shape index (κ1) is 19.6. The van der Waals surface area contributed by atoms with Crippen molar-refractivity contribution in [3.05, 3.63) is 76.7 Å². The molecule has 6 heteroatoms. The quantitative estimate of drug-likeness (QED) is 0.780. The monoisotopic (exact) mass is 379 g/mol. The van der Waals surface area contributed by atoms with Crippen LogP contribution in [0.4, 0.5) is 0 Å². The average molecular weight is 379 g/mol. The van der Waals surface area contributed by atoms with Gasteiger partial charge in [-0.2, -0.15) is 0 Å². The molecule has 1 aromatic carbocycles. The van der Waals surface area contributed by atoms with Crippen LogP contribution in [0.3, 0.4) is 0 Å². The molecule has 0 saturated carbocycles. The maximum Gasteiger partial charge on any atom is 0.250 e. The van der Waals surface area contributed by atoms with Crippen LogP contribution in [-0.4, -0.2) is 40.9 Å². The van der Waals surface area contributed by atoms with E-state index in [0.717, 1.165) is 24.9 Å². The lowest BCUT2D eigenvalue weighted by molar-refractivity contribution is -0.127. The number of carbonyl (C=O) groups is 2. The molecule has 1 saturated heterocycles. The van der Waals surface area contributed by atoms with Crippen LogP contribution in [0.5, 0.6) is 0 Å². The van der Waals surface area contributed by atoms with Crippen LogP contribution in [0.2, 0.25) is 0 Å². The molecule has 1 aliphatic heterocycles. The molecule has 1 atom stereocenters. The molecule has 1 N–H and O–H groups in total. The Kier molecular flexibility index (Phi) is 6.78. The number of aromatic nitrogens is 1. The van der Waals surface area contributed by atoms with Gasteiger partial charge in [0.15, 0.2) is 0 Å². The van der Waals surface area contributed by atoms with Crippen molar-refractivity contribution >= 4 is 17.9 Å². The third-order valence-electron chi connectivity index (χ3n) is 4.85. The number of likely N-dealkylation sites (tertiary alicyclic amines) is 1. The van der Waals surface area contributed by atoms with Gasteiger partial charge >= 0.3 is 0 Å². The smallest absolute Gasteiger partial charge is 0.250 e. The van der Waals surface area contributed by atoms with Crippen molar-refractivity contribution in [2.45, 2.75) is 19.4 Å². The average Bonchev–Trinajstić information content (AvgIpc) is 2.73. The normalized spacial score (nSPS) is 16.9. The zero-order chi connectivity index (χ0) is 19.8. The second-order valence-electron chi connectivity index (χ2n) is 7.01. The number of carbonyl (C=O) groups excluding carboxylic acids is 2. The lowest BCUT2D eigenvalue weighted by Gasteiger charge is -2.32. The number of amides is 2. The van der Waals surface area contributed by atoms with Gasteiger partial charge in [-0.15, -0.1) is 0 Å². The fraction of sp³-hybridized carbons (Fsp3) is 0.318. The van der Waals surface area contributed by atoms with E-state index >= 15 is 0 Å². The van der Waals surface area contributed by atoms with Gasteiger partial charge in [0.2, 0.25) is 11.8 Å². The molecule has 2 amide bonds. The molecule has 2 heterocycles. The van der Waals surface area contributed by atoms with Gasteiger partial charge in [0.25, 0.3) is 5.56 Å². The second-order valence-corrected chi connectivity index (χ2v) is 7.01. The maximum absolute atomic E-state index is 12.4. The summed E-state index contributed by atoms with van der Waals surface area (Å²) in [5.41, 5.74) is 0.796. The molecular formula is C22H25N3O3. The summed E-state index contributed by atoms with van der Waals surface area (Å²) in [7, 11) is 0. The van der Waals surface area contributed by atoms with Crippen LogP contribution in [0.15, 0.2) is 65.6 Å². The standard InChI is InChI=1S/C22H25N3O3/c26-20(17-25-13-5-4-10-21(25)27)23-15-19-9-6-14-24(16-19)22(28)12-11-18-7-2-1-3-8-18/h1-5,7-8,10-13,19H,6,9,14-17H2,(H,23,26). The van der Waals surface area contributed by atoms with E-state index in [1.54, 1.807) is 24.4 Å². The summed E-state index contributed by atoms with van der Waals surface area (Å²) < 4.78 is 1.38. The van der Waals surface area contributed by atoms with E-state index in [1.807, 2.05) is 41.3 Å². The van der Waals surface area contributed by atoms with Crippen LogP contribution >= 0.6 is 0 Å². The minimum atomic E-state index is -0.197. The zero-order valence-electron chi connectivity index (χ0n) is 15.8. The van der Waals surface area contributed by atoms with E-state index < -0.39 is 0 Å². The highest BCUT2D eigenvalue weighted by Crippen LogP contribution is 2.16. The Morgan fingerprint density at radius 3 is 2.68 bits per heavy atom. The predicted octanol–water partition coefficient (Wildman–Crippen LogP) is 1.92. The van der Waals surface area contributed by atoms with Gasteiger partial charge in [-0.05, 0) is 36.5 Å². The Balaban J connectivity index is 1.47. The van der Waals surface area contributed by atoms with E-state index in [-0.39, 0.29) is 29.8 Å². The topological polar surface area (TPSA) is 71.4 Å². The summed E-state index contributed by atoms with van der Waals surface area (Å²) in [5.74, 6) is 0.0238. The van der Waals surface area contributed by atoms with Gasteiger partial charge in [0, 0.05) is 38.0 Å². The van der Waals surface area contributed by atoms with Crippen LogP contribution in [-0.2, 0) is 16.1 Å². The summed E-state index contributed by atoms with van der Waals surface area (Å²) in [6.07, 6.45) is 6.92. The van der Waals surface area contributed by atoms with Crippen molar-refractivity contribution in [3.8, 4) is 0 Å². The van der Waals surface area contributed by atoms with Gasteiger partial charge in [-0.25, -0.2) is 0 Å². The Hall–Kier alpha value is -3.15. The van der Waals surface area contributed by atoms with Crippen molar-refractivity contribution in [1.29, 1.82) is 0 Å². The molecule has 0 aliphatic carbocycles. The minimum absolute atomic E-state index is 0.00397. The van der Waals surface area contributed by atoms with E-state index in [2.05, 4.69) is 5.32 Å². The first-order valence-electron chi connectivity index (χ1n) is 9.56. The van der Waals surface area contributed by atoms with Crippen molar-refractivity contribution < 1.29 is 9.59 Å². The number of nitrogens with one attached hydrogen (secondary N) is 1. The maximum atomic E-state index is 12.4. The number of benzene rings is 1. The van der Waals surface area contributed by atoms with Gasteiger partial charge < -0.3 is 14.8 Å². The molecule has 2 aromatic rings. The Labute approximate surface area is 164 Å². The molecule has 3 rings (SSSR count). The predicted molar refractivity (Wildman–Crippen MR) is 108 cm³/mol. The minimum Gasteiger partial charge on any atom is -0.354 e. The van der Waals surface area contributed by atoms with Gasteiger partial charge in [0.05, 0.1) is 0 Å². The van der Waals surface area contributed by atoms with Crippen LogP contribution < -0.4 is 10.9 Å². The van der Waals surface area contributed by atoms with Crippen molar-refractivity contribution in [2.75, 3.05) is 19.6 Å². The lowest BCUT2D eigenvalue weighted by atomic mass is 9.98. The van der Waals surface area contributed by atoms with E-state index in [9.17, 15) is 14.4 Å². The Morgan fingerprint density at radius 2 is 1.89 bits per heavy atom. The first-order chi connectivity index (χ1) is 13.6. The third kappa shape index (κ3) is 5.67. The molecule has 1 aliphatic rings. The number of hydrogen-bond acceptors (Lipinski definition) is 3. The molecule has 0 bridgehead atoms. The zero-order valence-corrected chi connectivity index (χ0v) is 15.8. The second kappa shape index (κ2) is 9.69. The summed E-state index contributed by atoms with van der Waals surface area (Å²) >= 11 is 0. The molecule has 1 unspecified atom stereocenters. The highest BCUT2D eigenvalue weighted by Gasteiger charge is 2.22. The molecule has 0 spiro atoms. The number of piperidine rings is 1. The highest BCUT2D eigenvalue weighted by atomic mass is 16.2. The van der Waals surface area contributed by atoms with Crippen LogP contribution in [0.25, 0.3) is 6.08 Å². The number of pyridine rings is 1. The first-order valence-corrected chi connectivity index (χ1v) is 9.56. The van der Waals surface area contributed by atoms with E-state index in [1.165, 1.54) is 10.6 Å². The molecule has 6 nitrogen and oxygen atoms in total. The van der Waals surface area contributed by atoms with Crippen molar-refractivity contribution in [1.82, 2.24) is 14.8 Å². The van der Waals surface area contributed by atoms with Crippen LogP contribution in [0.1, 0.15) is 18.4 Å². The van der Waals surface area contributed by atoms with Crippen molar-refractivity contribution in [3.63, 3.8) is 0 Å². The summed E-state index contributed by atoms with van der Waals surface area (Å²) in [5, 5.41) is 2.89. The van der Waals surface area contributed by atoms with Gasteiger partial charge in [-0.1, -0.05) is 36.4 Å². The fourth-order valence-electron chi connectivity index (χ4n) is 3.33. The fourth-order valence-corrected chi connectivity index (χ4v) is 3.33. The summed E-state index contributed by atoms with van der Waals surface area (Å²) in [4.78, 5) is 38.1. The van der Waals surface area contributed by atoms with Crippen molar-refractivity contribution in [2.24, 2.45) is 5.92 Å². The molecule has 1 fully saturated rings. The third-order valence-corrected chi connectivity index (χ3v) is 4.85. The van der Waals surface area contributed by atoms with Gasteiger partial charge in [0.1, 0.15) is 6.54 Å². The molecule has 1 aromatic heterocycles. The number of nitrogens with zero attached hydrogens (tertiary/aromatic N) is 2. The van der Waals surface area contributed by atoms with Crippen LogP contribution in [0, 0.1) is 5.92 Å². The number of rotatable bonds is 6. The largest absolute Gasteiger partial charge is 0.354 e. The summed E-state index contributed by atoms with van der Waals surface area (Å²) in [6.45, 7) is 1.88. The van der Waals surface area contributed by atoms with Gasteiger partial charge in [-0.3, -0.25) is 14.4 Å². The molecule has 0 radical (unpaired) electrons. The van der Waals surface area contributed by atoms with E-state index in [0.29, 0.717) is 13.1 Å². The summed E-state index contributed by atoms with van der Waals surface area (Å²) in [6, 6.07) is 14.5. The molecule has 28 heavy (non-hydrogen) atoms. The highest BCUT2D eigenvalue weighted by molar-refractivity contribution is 5.91.